The van der Waals surface area contributed by atoms with Crippen LogP contribution in [0.3, 0.4) is 0 Å². The largest absolute Gasteiger partial charge is 0.341 e. The molecule has 0 fully saturated rings. The summed E-state index contributed by atoms with van der Waals surface area (Å²) in [6, 6.07) is -1.54. The first-order valence-corrected chi connectivity index (χ1v) is 21.0. The van der Waals surface area contributed by atoms with Gasteiger partial charge in [0, 0.05) is 5.88 Å². The van der Waals surface area contributed by atoms with Crippen LogP contribution in [-0.2, 0) is 0 Å². The van der Waals surface area contributed by atoms with Crippen LogP contribution in [0.1, 0.15) is 173 Å². The van der Waals surface area contributed by atoms with Crippen LogP contribution >= 0.6 is 44.8 Å². The summed E-state index contributed by atoms with van der Waals surface area (Å²) in [5.41, 5.74) is 0. The zero-order valence-corrected chi connectivity index (χ0v) is 26.5. The number of halogens is 4. The van der Waals surface area contributed by atoms with Crippen molar-refractivity contribution in [1.82, 2.24) is 0 Å². The van der Waals surface area contributed by atoms with E-state index in [1.54, 1.807) is 0 Å². The molecule has 0 bridgehead atoms. The van der Waals surface area contributed by atoms with Crippen LogP contribution in [0.2, 0.25) is 6.04 Å². The molecular formula is C29H58Cl4Si. The Labute approximate surface area is 235 Å². The van der Waals surface area contributed by atoms with Gasteiger partial charge in [-0.25, -0.2) is 0 Å². The molecule has 206 valence electrons. The first-order valence-electron chi connectivity index (χ1n) is 15.2. The molecule has 0 aromatic carbocycles. The minimum Gasteiger partial charge on any atom is -0.127 e. The molecule has 0 N–H and O–H groups in total. The molecule has 0 saturated heterocycles. The van der Waals surface area contributed by atoms with E-state index in [4.69, 9.17) is 44.8 Å². The molecular weight excluding hydrogens is 518 g/mol. The first-order chi connectivity index (χ1) is 16.6. The average molecular weight is 577 g/mol. The third-order valence-electron chi connectivity index (χ3n) is 7.09. The normalized spacial score (nSPS) is 12.0. The van der Waals surface area contributed by atoms with E-state index in [0.717, 1.165) is 18.3 Å². The maximum Gasteiger partial charge on any atom is 0.341 e. The number of alkyl halides is 1. The van der Waals surface area contributed by atoms with Gasteiger partial charge in [-0.2, -0.15) is 0 Å². The van der Waals surface area contributed by atoms with Gasteiger partial charge in [0.25, 0.3) is 0 Å². The van der Waals surface area contributed by atoms with Crippen LogP contribution in [-0.4, -0.2) is 11.9 Å². The lowest BCUT2D eigenvalue weighted by molar-refractivity contribution is 0.515. The Morgan fingerprint density at radius 1 is 0.265 bits per heavy atom. The van der Waals surface area contributed by atoms with Gasteiger partial charge in [0.15, 0.2) is 0 Å². The SMILES string of the molecule is ClCCCCCCCCCCCCCCCCCCCCCCCCCCCCC[Si](Cl)(Cl)Cl. The zero-order chi connectivity index (χ0) is 25.0. The summed E-state index contributed by atoms with van der Waals surface area (Å²) in [4.78, 5) is 0. The Bertz CT molecular complexity index is 374. The van der Waals surface area contributed by atoms with E-state index in [9.17, 15) is 0 Å². The van der Waals surface area contributed by atoms with Gasteiger partial charge in [0.2, 0.25) is 0 Å². The summed E-state index contributed by atoms with van der Waals surface area (Å²) >= 11 is 23.5. The number of hydrogen-bond acceptors (Lipinski definition) is 0. The molecule has 0 aliphatic rings. The summed E-state index contributed by atoms with van der Waals surface area (Å²) < 4.78 is 0. The summed E-state index contributed by atoms with van der Waals surface area (Å²) in [6.07, 6.45) is 37.9. The van der Waals surface area contributed by atoms with Crippen molar-refractivity contribution in [3.8, 4) is 0 Å². The van der Waals surface area contributed by atoms with Crippen LogP contribution < -0.4 is 0 Å². The van der Waals surface area contributed by atoms with Crippen molar-refractivity contribution in [3.63, 3.8) is 0 Å². The molecule has 0 aliphatic heterocycles. The van der Waals surface area contributed by atoms with Crippen molar-refractivity contribution in [1.29, 1.82) is 0 Å². The van der Waals surface area contributed by atoms with Crippen LogP contribution in [0.25, 0.3) is 0 Å². The fourth-order valence-corrected chi connectivity index (χ4v) is 6.88. The third-order valence-corrected chi connectivity index (χ3v) is 9.98. The number of unbranched alkanes of at least 4 members (excludes halogenated alkanes) is 26. The van der Waals surface area contributed by atoms with Gasteiger partial charge in [-0.3, -0.25) is 0 Å². The van der Waals surface area contributed by atoms with Crippen molar-refractivity contribution in [2.75, 3.05) is 5.88 Å². The summed E-state index contributed by atoms with van der Waals surface area (Å²) in [6.45, 7) is 0. The molecule has 0 unspecified atom stereocenters. The van der Waals surface area contributed by atoms with Crippen LogP contribution in [0, 0.1) is 0 Å². The van der Waals surface area contributed by atoms with Crippen molar-refractivity contribution in [3.05, 3.63) is 0 Å². The van der Waals surface area contributed by atoms with Gasteiger partial charge in [0.1, 0.15) is 0 Å². The van der Waals surface area contributed by atoms with Crippen LogP contribution in [0.15, 0.2) is 0 Å². The van der Waals surface area contributed by atoms with Crippen molar-refractivity contribution in [2.45, 2.75) is 179 Å². The number of rotatable bonds is 29. The molecule has 0 atom stereocenters. The van der Waals surface area contributed by atoms with Gasteiger partial charge >= 0.3 is 6.00 Å². The second kappa shape index (κ2) is 28.9. The fraction of sp³-hybridized carbons (Fsp3) is 1.00. The van der Waals surface area contributed by atoms with Crippen molar-refractivity contribution < 1.29 is 0 Å². The first kappa shape index (κ1) is 35.4. The maximum absolute atomic E-state index is 5.91. The zero-order valence-electron chi connectivity index (χ0n) is 22.5. The quantitative estimate of drug-likeness (QED) is 0.0360. The second-order valence-electron chi connectivity index (χ2n) is 10.6. The molecule has 0 aromatic heterocycles. The molecule has 0 spiro atoms. The molecule has 34 heavy (non-hydrogen) atoms. The topological polar surface area (TPSA) is 0 Å². The maximum atomic E-state index is 5.91. The number of hydrogen-bond donors (Lipinski definition) is 0. The second-order valence-corrected chi connectivity index (χ2v) is 20.3. The van der Waals surface area contributed by atoms with E-state index in [0.29, 0.717) is 0 Å². The lowest BCUT2D eigenvalue weighted by atomic mass is 10.0. The van der Waals surface area contributed by atoms with E-state index in [2.05, 4.69) is 0 Å². The summed E-state index contributed by atoms with van der Waals surface area (Å²) in [5.74, 6) is 0.840. The van der Waals surface area contributed by atoms with Crippen molar-refractivity contribution in [2.24, 2.45) is 0 Å². The predicted octanol–water partition coefficient (Wildman–Crippen LogP) is 13.4. The molecule has 0 amide bonds. The summed E-state index contributed by atoms with van der Waals surface area (Å²) in [5, 5.41) is 0. The summed E-state index contributed by atoms with van der Waals surface area (Å²) in [7, 11) is 0. The molecule has 0 nitrogen and oxygen atoms in total. The van der Waals surface area contributed by atoms with E-state index in [-0.39, 0.29) is 0 Å². The highest BCUT2D eigenvalue weighted by Crippen LogP contribution is 2.27. The van der Waals surface area contributed by atoms with E-state index < -0.39 is 6.00 Å². The Morgan fingerprint density at radius 2 is 0.441 bits per heavy atom. The Morgan fingerprint density at radius 3 is 0.618 bits per heavy atom. The fourth-order valence-electron chi connectivity index (χ4n) is 4.84. The van der Waals surface area contributed by atoms with Gasteiger partial charge in [-0.15, -0.1) is 44.8 Å². The van der Waals surface area contributed by atoms with Gasteiger partial charge in [0.05, 0.1) is 0 Å². The molecule has 0 radical (unpaired) electrons. The van der Waals surface area contributed by atoms with E-state index in [1.807, 2.05) is 0 Å². The monoisotopic (exact) mass is 574 g/mol. The van der Waals surface area contributed by atoms with Gasteiger partial charge < -0.3 is 0 Å². The van der Waals surface area contributed by atoms with E-state index >= 15 is 0 Å². The molecule has 0 heterocycles. The Hall–Kier alpha value is 1.38. The standard InChI is InChI=1S/C29H58Cl4Si/c30-28-26-24-22-20-18-16-14-12-10-8-6-4-2-1-3-5-7-9-11-13-15-17-19-21-23-25-27-29-34(31,32)33/h1-29H2. The smallest absolute Gasteiger partial charge is 0.127 e. The highest BCUT2D eigenvalue weighted by atomic mass is 35.8. The van der Waals surface area contributed by atoms with Crippen LogP contribution in [0.4, 0.5) is 0 Å². The molecule has 0 aliphatic carbocycles. The molecule has 0 rings (SSSR count). The Balaban J connectivity index is 3.03. The lowest BCUT2D eigenvalue weighted by Gasteiger charge is -2.07. The predicted molar refractivity (Wildman–Crippen MR) is 163 cm³/mol. The van der Waals surface area contributed by atoms with Gasteiger partial charge in [-0.1, -0.05) is 167 Å². The molecule has 5 heteroatoms. The Kier molecular flexibility index (Phi) is 30.1. The van der Waals surface area contributed by atoms with Crippen LogP contribution in [0.5, 0.6) is 0 Å². The average Bonchev–Trinajstić information content (AvgIpc) is 2.80. The third kappa shape index (κ3) is 33.4. The molecule has 0 saturated carbocycles. The van der Waals surface area contributed by atoms with E-state index in [1.165, 1.54) is 167 Å². The lowest BCUT2D eigenvalue weighted by Crippen LogP contribution is -2.07. The minimum absolute atomic E-state index is 0.828. The van der Waals surface area contributed by atoms with Gasteiger partial charge in [-0.05, 0) is 12.5 Å². The molecule has 0 aromatic rings. The van der Waals surface area contributed by atoms with Crippen molar-refractivity contribution >= 4 is 50.8 Å². The highest BCUT2D eigenvalue weighted by molar-refractivity contribution is 7.64. The highest BCUT2D eigenvalue weighted by Gasteiger charge is 2.23. The minimum atomic E-state index is -2.36.